The molecule has 1 fully saturated rings. The molecule has 1 aromatic carbocycles. The highest BCUT2D eigenvalue weighted by molar-refractivity contribution is 5.96. The van der Waals surface area contributed by atoms with Crippen molar-refractivity contribution in [3.63, 3.8) is 0 Å². The molecule has 10 heteroatoms. The van der Waals surface area contributed by atoms with Crippen LogP contribution in [-0.2, 0) is 0 Å². The van der Waals surface area contributed by atoms with Crippen molar-refractivity contribution >= 4 is 17.4 Å². The summed E-state index contributed by atoms with van der Waals surface area (Å²) < 4.78 is 20.1. The van der Waals surface area contributed by atoms with Gasteiger partial charge in [-0.15, -0.1) is 0 Å². The topological polar surface area (TPSA) is 110 Å². The number of likely N-dealkylation sites (N-methyl/N-ethyl adjacent to an activating group) is 1. The highest BCUT2D eigenvalue weighted by atomic mass is 19.1. The number of aryl methyl sites for hydroxylation is 1. The van der Waals surface area contributed by atoms with E-state index >= 15 is 0 Å². The third-order valence-electron chi connectivity index (χ3n) is 5.87. The first-order valence-corrected chi connectivity index (χ1v) is 11.6. The van der Waals surface area contributed by atoms with Crippen LogP contribution in [0.25, 0.3) is 11.3 Å². The Morgan fingerprint density at radius 1 is 1.14 bits per heavy atom. The summed E-state index contributed by atoms with van der Waals surface area (Å²) in [5, 5.41) is 3.00. The number of carbonyl (C=O) groups excluding carboxylic acids is 1. The van der Waals surface area contributed by atoms with Crippen LogP contribution < -0.4 is 15.8 Å². The Labute approximate surface area is 204 Å². The number of halogens is 1. The lowest BCUT2D eigenvalue weighted by molar-refractivity contribution is 0.0996. The number of benzene rings is 1. The maximum absolute atomic E-state index is 14.4. The van der Waals surface area contributed by atoms with Crippen LogP contribution in [-0.4, -0.2) is 77.0 Å². The minimum Gasteiger partial charge on any atom is -0.478 e. The van der Waals surface area contributed by atoms with E-state index in [1.165, 1.54) is 12.3 Å². The molecule has 2 aromatic heterocycles. The molecule has 3 heterocycles. The van der Waals surface area contributed by atoms with Gasteiger partial charge in [0.15, 0.2) is 11.5 Å². The number of amides is 1. The maximum Gasteiger partial charge on any atom is 0.271 e. The first-order valence-electron chi connectivity index (χ1n) is 11.6. The number of hydrogen-bond acceptors (Lipinski definition) is 8. The number of nitrogens with zero attached hydrogens (tertiary/aromatic N) is 5. The lowest BCUT2D eigenvalue weighted by Gasteiger charge is -2.32. The largest absolute Gasteiger partial charge is 0.478 e. The summed E-state index contributed by atoms with van der Waals surface area (Å²) in [6.07, 6.45) is 3.90. The van der Waals surface area contributed by atoms with E-state index in [4.69, 9.17) is 10.5 Å². The molecule has 0 spiro atoms. The van der Waals surface area contributed by atoms with Crippen LogP contribution >= 0.6 is 0 Å². The Balaban J connectivity index is 1.35. The average Bonchev–Trinajstić information content (AvgIpc) is 2.84. The Hall–Kier alpha value is -3.63. The first-order chi connectivity index (χ1) is 16.9. The molecule has 0 unspecified atom stereocenters. The van der Waals surface area contributed by atoms with Gasteiger partial charge in [0, 0.05) is 44.4 Å². The Morgan fingerprint density at radius 3 is 2.63 bits per heavy atom. The normalized spacial score (nSPS) is 14.6. The molecule has 1 aliphatic rings. The van der Waals surface area contributed by atoms with Crippen molar-refractivity contribution in [2.24, 2.45) is 5.73 Å². The molecule has 4 rings (SSSR count). The zero-order valence-electron chi connectivity index (χ0n) is 20.0. The molecule has 0 bridgehead atoms. The fourth-order valence-electron chi connectivity index (χ4n) is 3.82. The van der Waals surface area contributed by atoms with Gasteiger partial charge in [-0.2, -0.15) is 0 Å². The summed E-state index contributed by atoms with van der Waals surface area (Å²) in [5.74, 6) is -0.543. The van der Waals surface area contributed by atoms with Gasteiger partial charge in [-0.25, -0.2) is 19.3 Å². The third kappa shape index (κ3) is 6.49. The Kier molecular flexibility index (Phi) is 7.84. The molecular weight excluding hydrogens is 449 g/mol. The SMILES string of the molecule is Cc1ccc(-c2cnc(Nc3ccc(OCCCN4CCN(C)CC4)nc3)c(C(N)=O)n2)c(F)c1. The van der Waals surface area contributed by atoms with Gasteiger partial charge in [0.2, 0.25) is 5.88 Å². The molecule has 184 valence electrons. The van der Waals surface area contributed by atoms with Gasteiger partial charge in [0.25, 0.3) is 5.91 Å². The predicted molar refractivity (Wildman–Crippen MR) is 132 cm³/mol. The molecule has 35 heavy (non-hydrogen) atoms. The molecule has 1 aliphatic heterocycles. The quantitative estimate of drug-likeness (QED) is 0.451. The van der Waals surface area contributed by atoms with Crippen LogP contribution in [0.5, 0.6) is 5.88 Å². The second-order valence-corrected chi connectivity index (χ2v) is 8.66. The van der Waals surface area contributed by atoms with E-state index in [1.807, 2.05) is 0 Å². The monoisotopic (exact) mass is 479 g/mol. The molecular formula is C25H30FN7O2. The summed E-state index contributed by atoms with van der Waals surface area (Å²) in [6, 6.07) is 8.27. The summed E-state index contributed by atoms with van der Waals surface area (Å²) >= 11 is 0. The number of nitrogens with one attached hydrogen (secondary N) is 1. The van der Waals surface area contributed by atoms with Crippen LogP contribution in [0.1, 0.15) is 22.5 Å². The van der Waals surface area contributed by atoms with Crippen LogP contribution in [0, 0.1) is 12.7 Å². The number of nitrogens with two attached hydrogens (primary N) is 1. The molecule has 1 amide bonds. The van der Waals surface area contributed by atoms with E-state index < -0.39 is 11.7 Å². The van der Waals surface area contributed by atoms with E-state index in [0.717, 1.165) is 44.7 Å². The van der Waals surface area contributed by atoms with Gasteiger partial charge in [0.1, 0.15) is 5.82 Å². The third-order valence-corrected chi connectivity index (χ3v) is 5.87. The Bertz CT molecular complexity index is 1160. The highest BCUT2D eigenvalue weighted by Gasteiger charge is 2.17. The van der Waals surface area contributed by atoms with Gasteiger partial charge in [0.05, 0.1) is 30.4 Å². The molecule has 0 saturated carbocycles. The van der Waals surface area contributed by atoms with Gasteiger partial charge in [-0.3, -0.25) is 4.79 Å². The number of piperazine rings is 1. The first kappa shape index (κ1) is 24.5. The van der Waals surface area contributed by atoms with Crippen molar-refractivity contribution in [3.8, 4) is 17.1 Å². The number of ether oxygens (including phenoxy) is 1. The predicted octanol–water partition coefficient (Wildman–Crippen LogP) is 2.84. The number of aromatic nitrogens is 3. The smallest absolute Gasteiger partial charge is 0.271 e. The standard InChI is InChI=1S/C25H30FN7O2/c1-17-4-6-19(20(26)14-17)21-16-29-25(23(31-21)24(27)34)30-18-5-7-22(28-15-18)35-13-3-8-33-11-9-32(2)10-12-33/h4-7,14-16H,3,8-13H2,1-2H3,(H2,27,34)(H,29,30). The average molecular weight is 480 g/mol. The summed E-state index contributed by atoms with van der Waals surface area (Å²) in [4.78, 5) is 29.6. The zero-order valence-corrected chi connectivity index (χ0v) is 20.0. The number of carbonyl (C=O) groups is 1. The number of rotatable bonds is 9. The highest BCUT2D eigenvalue weighted by Crippen LogP contribution is 2.25. The minimum atomic E-state index is -0.775. The van der Waals surface area contributed by atoms with Crippen molar-refractivity contribution < 1.29 is 13.9 Å². The van der Waals surface area contributed by atoms with Gasteiger partial charge < -0.3 is 25.6 Å². The fourth-order valence-corrected chi connectivity index (χ4v) is 3.82. The number of hydrogen-bond donors (Lipinski definition) is 2. The summed E-state index contributed by atoms with van der Waals surface area (Å²) in [6.45, 7) is 7.76. The number of primary amides is 1. The second-order valence-electron chi connectivity index (χ2n) is 8.66. The van der Waals surface area contributed by atoms with Crippen molar-refractivity contribution in [3.05, 3.63) is 59.8 Å². The van der Waals surface area contributed by atoms with Gasteiger partial charge in [-0.05, 0) is 44.2 Å². The van der Waals surface area contributed by atoms with Crippen LogP contribution in [0.2, 0.25) is 0 Å². The summed E-state index contributed by atoms with van der Waals surface area (Å²) in [7, 11) is 2.15. The van der Waals surface area contributed by atoms with Crippen molar-refractivity contribution in [2.75, 3.05) is 51.7 Å². The zero-order chi connectivity index (χ0) is 24.8. The molecule has 3 N–H and O–H groups in total. The van der Waals surface area contributed by atoms with Crippen LogP contribution in [0.4, 0.5) is 15.9 Å². The second kappa shape index (κ2) is 11.2. The van der Waals surface area contributed by atoms with Crippen molar-refractivity contribution in [2.45, 2.75) is 13.3 Å². The Morgan fingerprint density at radius 2 is 1.94 bits per heavy atom. The number of anilines is 2. The fraction of sp³-hybridized carbons (Fsp3) is 0.360. The number of pyridine rings is 1. The van der Waals surface area contributed by atoms with E-state index in [2.05, 4.69) is 37.1 Å². The van der Waals surface area contributed by atoms with E-state index in [-0.39, 0.29) is 22.8 Å². The van der Waals surface area contributed by atoms with Gasteiger partial charge in [-0.1, -0.05) is 6.07 Å². The molecule has 0 atom stereocenters. The lowest BCUT2D eigenvalue weighted by Crippen LogP contribution is -2.44. The van der Waals surface area contributed by atoms with Gasteiger partial charge >= 0.3 is 0 Å². The van der Waals surface area contributed by atoms with E-state index in [1.54, 1.807) is 37.4 Å². The van der Waals surface area contributed by atoms with E-state index in [9.17, 15) is 9.18 Å². The lowest BCUT2D eigenvalue weighted by atomic mass is 10.1. The molecule has 3 aromatic rings. The molecule has 9 nitrogen and oxygen atoms in total. The molecule has 0 aliphatic carbocycles. The van der Waals surface area contributed by atoms with Crippen LogP contribution in [0.15, 0.2) is 42.7 Å². The van der Waals surface area contributed by atoms with Crippen LogP contribution in [0.3, 0.4) is 0 Å². The molecule has 0 radical (unpaired) electrons. The van der Waals surface area contributed by atoms with Crippen molar-refractivity contribution in [1.29, 1.82) is 0 Å². The maximum atomic E-state index is 14.4. The van der Waals surface area contributed by atoms with E-state index in [0.29, 0.717) is 18.2 Å². The summed E-state index contributed by atoms with van der Waals surface area (Å²) in [5.41, 5.74) is 7.25. The minimum absolute atomic E-state index is 0.0910. The molecule has 1 saturated heterocycles. The van der Waals surface area contributed by atoms with Crippen molar-refractivity contribution in [1.82, 2.24) is 24.8 Å².